The number of hydrogen-bond acceptors (Lipinski definition) is 4. The maximum Gasteiger partial charge on any atom is 0.308 e. The average molecular weight is 236 g/mol. The summed E-state index contributed by atoms with van der Waals surface area (Å²) >= 11 is 0. The van der Waals surface area contributed by atoms with Crippen molar-refractivity contribution in [2.45, 2.75) is 26.9 Å². The summed E-state index contributed by atoms with van der Waals surface area (Å²) in [5.41, 5.74) is 1.84. The Labute approximate surface area is 100 Å². The Balaban J connectivity index is 2.11. The average Bonchev–Trinajstić information content (AvgIpc) is 3.04. The molecular formula is C13H16O4. The van der Waals surface area contributed by atoms with Crippen LogP contribution in [0.2, 0.25) is 0 Å². The summed E-state index contributed by atoms with van der Waals surface area (Å²) in [4.78, 5) is 10.9. The van der Waals surface area contributed by atoms with E-state index in [0.29, 0.717) is 12.4 Å². The van der Waals surface area contributed by atoms with Gasteiger partial charge < -0.3 is 14.2 Å². The summed E-state index contributed by atoms with van der Waals surface area (Å²) in [6.07, 6.45) is 0.239. The predicted octanol–water partition coefficient (Wildman–Crippen LogP) is 2.01. The van der Waals surface area contributed by atoms with Gasteiger partial charge in [-0.25, -0.2) is 0 Å². The fourth-order valence-corrected chi connectivity index (χ4v) is 1.53. The molecule has 1 atom stereocenters. The van der Waals surface area contributed by atoms with E-state index < -0.39 is 0 Å². The molecule has 2 rings (SSSR count). The number of esters is 1. The monoisotopic (exact) mass is 236 g/mol. The number of hydrogen-bond donors (Lipinski definition) is 0. The number of carbonyl (C=O) groups excluding carboxylic acids is 1. The summed E-state index contributed by atoms with van der Waals surface area (Å²) in [5, 5.41) is 0. The second-order valence-electron chi connectivity index (χ2n) is 4.24. The number of ether oxygens (including phenoxy) is 3. The van der Waals surface area contributed by atoms with E-state index in [-0.39, 0.29) is 12.1 Å². The van der Waals surface area contributed by atoms with E-state index in [1.807, 2.05) is 26.0 Å². The van der Waals surface area contributed by atoms with Crippen molar-refractivity contribution in [1.29, 1.82) is 0 Å². The van der Waals surface area contributed by atoms with Gasteiger partial charge in [-0.1, -0.05) is 0 Å². The molecule has 1 aromatic carbocycles. The number of carbonyl (C=O) groups is 1. The summed E-state index contributed by atoms with van der Waals surface area (Å²) < 4.78 is 15.8. The first-order valence-electron chi connectivity index (χ1n) is 5.60. The zero-order valence-electron chi connectivity index (χ0n) is 10.3. The topological polar surface area (TPSA) is 48.1 Å². The highest BCUT2D eigenvalue weighted by Crippen LogP contribution is 2.28. The second kappa shape index (κ2) is 4.75. The van der Waals surface area contributed by atoms with E-state index in [0.717, 1.165) is 23.5 Å². The number of aryl methyl sites for hydroxylation is 2. The Kier molecular flexibility index (Phi) is 3.33. The van der Waals surface area contributed by atoms with Crippen LogP contribution in [0.1, 0.15) is 18.1 Å². The molecule has 0 aliphatic carbocycles. The smallest absolute Gasteiger partial charge is 0.308 e. The third kappa shape index (κ3) is 3.20. The Bertz CT molecular complexity index is 435. The lowest BCUT2D eigenvalue weighted by atomic mass is 10.1. The van der Waals surface area contributed by atoms with Gasteiger partial charge in [-0.2, -0.15) is 0 Å². The van der Waals surface area contributed by atoms with Crippen molar-refractivity contribution in [2.24, 2.45) is 0 Å². The van der Waals surface area contributed by atoms with E-state index in [9.17, 15) is 4.79 Å². The lowest BCUT2D eigenvalue weighted by Gasteiger charge is -2.12. The number of epoxide rings is 1. The van der Waals surface area contributed by atoms with Gasteiger partial charge in [-0.15, -0.1) is 0 Å². The predicted molar refractivity (Wildman–Crippen MR) is 62.5 cm³/mol. The number of benzene rings is 1. The van der Waals surface area contributed by atoms with E-state index in [2.05, 4.69) is 0 Å². The molecule has 4 nitrogen and oxygen atoms in total. The van der Waals surface area contributed by atoms with Crippen molar-refractivity contribution in [3.05, 3.63) is 23.3 Å². The SMILES string of the molecule is CC(=O)Oc1cc(C)c(OCC2CO2)cc1C. The molecule has 1 fully saturated rings. The Hall–Kier alpha value is -1.55. The molecule has 0 spiro atoms. The van der Waals surface area contributed by atoms with Crippen molar-refractivity contribution >= 4 is 5.97 Å². The Morgan fingerprint density at radius 2 is 1.94 bits per heavy atom. The molecule has 1 aromatic rings. The molecule has 0 amide bonds. The number of rotatable bonds is 4. The zero-order valence-corrected chi connectivity index (χ0v) is 10.3. The zero-order chi connectivity index (χ0) is 12.4. The first-order valence-corrected chi connectivity index (χ1v) is 5.60. The highest BCUT2D eigenvalue weighted by atomic mass is 16.6. The van der Waals surface area contributed by atoms with Gasteiger partial charge in [0.05, 0.1) is 6.61 Å². The molecule has 92 valence electrons. The van der Waals surface area contributed by atoms with Gasteiger partial charge in [0.1, 0.15) is 24.2 Å². The summed E-state index contributed by atoms with van der Waals surface area (Å²) in [5.74, 6) is 1.09. The molecule has 1 aliphatic heterocycles. The van der Waals surface area contributed by atoms with Crippen LogP contribution in [-0.2, 0) is 9.53 Å². The van der Waals surface area contributed by atoms with Crippen LogP contribution in [0.3, 0.4) is 0 Å². The molecule has 1 saturated heterocycles. The van der Waals surface area contributed by atoms with E-state index in [4.69, 9.17) is 14.2 Å². The first kappa shape index (κ1) is 11.9. The Morgan fingerprint density at radius 1 is 1.35 bits per heavy atom. The Morgan fingerprint density at radius 3 is 2.53 bits per heavy atom. The maximum absolute atomic E-state index is 10.9. The van der Waals surface area contributed by atoms with Crippen LogP contribution in [0, 0.1) is 13.8 Å². The summed E-state index contributed by atoms with van der Waals surface area (Å²) in [6, 6.07) is 3.70. The molecule has 17 heavy (non-hydrogen) atoms. The highest BCUT2D eigenvalue weighted by Gasteiger charge is 2.23. The van der Waals surface area contributed by atoms with E-state index >= 15 is 0 Å². The first-order chi connectivity index (χ1) is 8.06. The standard InChI is InChI=1S/C13H16O4/c1-8-5-13(17-10(3)14)9(2)4-12(8)16-7-11-6-15-11/h4-5,11H,6-7H2,1-3H3. The molecule has 0 saturated carbocycles. The van der Waals surface area contributed by atoms with Gasteiger partial charge in [-0.05, 0) is 37.1 Å². The molecular weight excluding hydrogens is 220 g/mol. The lowest BCUT2D eigenvalue weighted by Crippen LogP contribution is -2.07. The molecule has 0 N–H and O–H groups in total. The molecule has 0 aromatic heterocycles. The van der Waals surface area contributed by atoms with E-state index in [1.54, 1.807) is 0 Å². The van der Waals surface area contributed by atoms with Crippen molar-refractivity contribution in [2.75, 3.05) is 13.2 Å². The highest BCUT2D eigenvalue weighted by molar-refractivity contribution is 5.70. The van der Waals surface area contributed by atoms with Crippen LogP contribution in [0.15, 0.2) is 12.1 Å². The minimum Gasteiger partial charge on any atom is -0.491 e. The lowest BCUT2D eigenvalue weighted by molar-refractivity contribution is -0.131. The van der Waals surface area contributed by atoms with Gasteiger partial charge in [0, 0.05) is 6.92 Å². The molecule has 1 unspecified atom stereocenters. The van der Waals surface area contributed by atoms with Gasteiger partial charge >= 0.3 is 5.97 Å². The van der Waals surface area contributed by atoms with Crippen LogP contribution >= 0.6 is 0 Å². The quantitative estimate of drug-likeness (QED) is 0.456. The van der Waals surface area contributed by atoms with Gasteiger partial charge in [-0.3, -0.25) is 4.79 Å². The van der Waals surface area contributed by atoms with Gasteiger partial charge in [0.2, 0.25) is 0 Å². The van der Waals surface area contributed by atoms with Crippen LogP contribution in [0.4, 0.5) is 0 Å². The largest absolute Gasteiger partial charge is 0.491 e. The second-order valence-corrected chi connectivity index (χ2v) is 4.24. The third-order valence-corrected chi connectivity index (χ3v) is 2.55. The molecule has 1 aliphatic rings. The van der Waals surface area contributed by atoms with Gasteiger partial charge in [0.15, 0.2) is 0 Å². The van der Waals surface area contributed by atoms with Gasteiger partial charge in [0.25, 0.3) is 0 Å². The van der Waals surface area contributed by atoms with Crippen molar-refractivity contribution in [1.82, 2.24) is 0 Å². The van der Waals surface area contributed by atoms with Crippen LogP contribution < -0.4 is 9.47 Å². The summed E-state index contributed by atoms with van der Waals surface area (Å²) in [6.45, 7) is 6.56. The van der Waals surface area contributed by atoms with Crippen molar-refractivity contribution in [3.8, 4) is 11.5 Å². The normalized spacial score (nSPS) is 17.7. The fraction of sp³-hybridized carbons (Fsp3) is 0.462. The van der Waals surface area contributed by atoms with Crippen molar-refractivity contribution < 1.29 is 19.0 Å². The molecule has 1 heterocycles. The van der Waals surface area contributed by atoms with Crippen LogP contribution in [0.25, 0.3) is 0 Å². The minimum atomic E-state index is -0.312. The van der Waals surface area contributed by atoms with Crippen molar-refractivity contribution in [3.63, 3.8) is 0 Å². The molecule has 0 radical (unpaired) electrons. The van der Waals surface area contributed by atoms with Crippen LogP contribution in [-0.4, -0.2) is 25.3 Å². The third-order valence-electron chi connectivity index (χ3n) is 2.55. The summed E-state index contributed by atoms with van der Waals surface area (Å²) in [7, 11) is 0. The molecule has 0 bridgehead atoms. The minimum absolute atomic E-state index is 0.239. The van der Waals surface area contributed by atoms with Crippen LogP contribution in [0.5, 0.6) is 11.5 Å². The van der Waals surface area contributed by atoms with E-state index in [1.165, 1.54) is 6.92 Å². The molecule has 4 heteroatoms. The maximum atomic E-state index is 10.9. The fourth-order valence-electron chi connectivity index (χ4n) is 1.53.